The second kappa shape index (κ2) is 21.7. The van der Waals surface area contributed by atoms with Crippen molar-refractivity contribution in [1.29, 1.82) is 0 Å². The van der Waals surface area contributed by atoms with E-state index < -0.39 is 10.1 Å². The molecule has 0 atom stereocenters. The third-order valence-corrected chi connectivity index (χ3v) is 5.79. The number of rotatable bonds is 24. The molecule has 1 rings (SSSR count). The normalized spacial score (nSPS) is 11.6. The summed E-state index contributed by atoms with van der Waals surface area (Å²) < 4.78 is 60.6. The summed E-state index contributed by atoms with van der Waals surface area (Å²) in [5.74, 6) is -0.172. The van der Waals surface area contributed by atoms with E-state index >= 15 is 0 Å². The summed E-state index contributed by atoms with van der Waals surface area (Å²) in [4.78, 5) is 11.5. The van der Waals surface area contributed by atoms with Crippen LogP contribution in [0.4, 0.5) is 0 Å². The van der Waals surface area contributed by atoms with Gasteiger partial charge in [-0.15, -0.1) is 0 Å². The Morgan fingerprint density at radius 3 is 1.60 bits per heavy atom. The van der Waals surface area contributed by atoms with Crippen molar-refractivity contribution >= 4 is 16.1 Å². The van der Waals surface area contributed by atoms with Crippen molar-refractivity contribution in [2.75, 3.05) is 79.3 Å². The molecule has 0 saturated carbocycles. The zero-order valence-electron chi connectivity index (χ0n) is 20.7. The fourth-order valence-corrected chi connectivity index (χ4v) is 3.56. The number of ether oxygens (including phenoxy) is 6. The minimum absolute atomic E-state index is 0.0576. The maximum atomic E-state index is 11.9. The molecule has 35 heavy (non-hydrogen) atoms. The van der Waals surface area contributed by atoms with E-state index in [-0.39, 0.29) is 30.7 Å². The Balaban J connectivity index is 1.76. The molecule has 0 radical (unpaired) electrons. The molecule has 1 aromatic rings. The number of esters is 1. The summed E-state index contributed by atoms with van der Waals surface area (Å²) >= 11 is 0. The van der Waals surface area contributed by atoms with Crippen LogP contribution in [0.2, 0.25) is 0 Å². The molecule has 10 nitrogen and oxygen atoms in total. The number of carbonyl (C=O) groups is 1. The molecule has 0 amide bonds. The maximum Gasteiger partial charge on any atom is 0.305 e. The highest BCUT2D eigenvalue weighted by Gasteiger charge is 2.13. The molecule has 0 heterocycles. The van der Waals surface area contributed by atoms with Gasteiger partial charge in [0.05, 0.1) is 77.6 Å². The summed E-state index contributed by atoms with van der Waals surface area (Å²) in [5, 5.41) is 0. The lowest BCUT2D eigenvalue weighted by Gasteiger charge is -2.08. The molecule has 0 bridgehead atoms. The molecule has 202 valence electrons. The summed E-state index contributed by atoms with van der Waals surface area (Å²) in [5.41, 5.74) is 0. The van der Waals surface area contributed by atoms with Gasteiger partial charge < -0.3 is 28.4 Å². The molecule has 0 aliphatic rings. The lowest BCUT2D eigenvalue weighted by molar-refractivity contribution is -0.145. The molecule has 0 spiro atoms. The minimum atomic E-state index is -3.75. The molecule has 0 unspecified atom stereocenters. The van der Waals surface area contributed by atoms with E-state index in [1.54, 1.807) is 18.2 Å². The Labute approximate surface area is 209 Å². The number of hydrogen-bond donors (Lipinski definition) is 0. The predicted molar refractivity (Wildman–Crippen MR) is 129 cm³/mol. The van der Waals surface area contributed by atoms with Gasteiger partial charge in [-0.25, -0.2) is 0 Å². The van der Waals surface area contributed by atoms with Gasteiger partial charge in [0.1, 0.15) is 6.61 Å². The third kappa shape index (κ3) is 18.3. The van der Waals surface area contributed by atoms with Crippen LogP contribution in [0.1, 0.15) is 32.6 Å². The largest absolute Gasteiger partial charge is 0.463 e. The van der Waals surface area contributed by atoms with Crippen molar-refractivity contribution in [2.45, 2.75) is 37.5 Å². The highest BCUT2D eigenvalue weighted by atomic mass is 32.2. The van der Waals surface area contributed by atoms with Crippen LogP contribution in [0.3, 0.4) is 0 Å². The average Bonchev–Trinajstić information content (AvgIpc) is 2.86. The molecule has 0 saturated heterocycles. The minimum Gasteiger partial charge on any atom is -0.463 e. The Kier molecular flexibility index (Phi) is 19.5. The number of benzene rings is 1. The summed E-state index contributed by atoms with van der Waals surface area (Å²) in [7, 11) is -3.75. The monoisotopic (exact) mass is 520 g/mol. The topological polar surface area (TPSA) is 116 Å². The molecule has 0 N–H and O–H groups in total. The average molecular weight is 521 g/mol. The van der Waals surface area contributed by atoms with Crippen molar-refractivity contribution in [3.05, 3.63) is 30.3 Å². The van der Waals surface area contributed by atoms with Gasteiger partial charge in [0.15, 0.2) is 0 Å². The maximum absolute atomic E-state index is 11.9. The summed E-state index contributed by atoms with van der Waals surface area (Å²) in [6.07, 6.45) is 3.46. The van der Waals surface area contributed by atoms with Crippen molar-refractivity contribution in [2.24, 2.45) is 0 Å². The Morgan fingerprint density at radius 2 is 1.11 bits per heavy atom. The molecular formula is C24H40O10S. The van der Waals surface area contributed by atoms with E-state index in [1.165, 1.54) is 12.1 Å². The molecule has 0 aromatic heterocycles. The molecule has 11 heteroatoms. The van der Waals surface area contributed by atoms with Gasteiger partial charge in [0, 0.05) is 6.42 Å². The van der Waals surface area contributed by atoms with Crippen LogP contribution in [0.15, 0.2) is 35.2 Å². The van der Waals surface area contributed by atoms with Crippen LogP contribution in [-0.2, 0) is 47.5 Å². The van der Waals surface area contributed by atoms with Crippen molar-refractivity contribution < 1.29 is 45.8 Å². The number of carbonyl (C=O) groups excluding carboxylic acids is 1. The zero-order chi connectivity index (χ0) is 25.5. The first kappa shape index (κ1) is 31.4. The van der Waals surface area contributed by atoms with E-state index in [2.05, 4.69) is 6.92 Å². The highest BCUT2D eigenvalue weighted by Crippen LogP contribution is 2.10. The SMILES string of the molecule is CCCCCC(=O)OCCOCCOCCOCCOCCOCCOS(=O)(=O)c1ccccc1. The Morgan fingerprint density at radius 1 is 0.657 bits per heavy atom. The summed E-state index contributed by atoms with van der Waals surface area (Å²) in [6, 6.07) is 7.96. The second-order valence-electron chi connectivity index (χ2n) is 7.33. The standard InChI is InChI=1S/C24H40O10S/c1-2-3-5-10-24(25)33-21-19-31-17-15-29-13-11-28-12-14-30-16-18-32-20-22-34-35(26,27)23-8-6-4-7-9-23/h4,6-9H,2-3,5,10-22H2,1H3. The van der Waals surface area contributed by atoms with Gasteiger partial charge in [0.2, 0.25) is 0 Å². The van der Waals surface area contributed by atoms with Gasteiger partial charge >= 0.3 is 5.97 Å². The fraction of sp³-hybridized carbons (Fsp3) is 0.708. The Hall–Kier alpha value is -1.60. The van der Waals surface area contributed by atoms with Gasteiger partial charge in [-0.1, -0.05) is 38.0 Å². The van der Waals surface area contributed by atoms with Gasteiger partial charge in [-0.3, -0.25) is 8.98 Å². The van der Waals surface area contributed by atoms with Crippen LogP contribution in [0.25, 0.3) is 0 Å². The van der Waals surface area contributed by atoms with E-state index in [0.717, 1.165) is 19.3 Å². The lowest BCUT2D eigenvalue weighted by atomic mass is 10.2. The van der Waals surface area contributed by atoms with Gasteiger partial charge in [-0.05, 0) is 18.6 Å². The molecule has 0 fully saturated rings. The lowest BCUT2D eigenvalue weighted by Crippen LogP contribution is -2.15. The predicted octanol–water partition coefficient (Wildman–Crippen LogP) is 2.60. The number of hydrogen-bond acceptors (Lipinski definition) is 10. The van der Waals surface area contributed by atoms with Crippen molar-refractivity contribution in [1.82, 2.24) is 0 Å². The van der Waals surface area contributed by atoms with Crippen molar-refractivity contribution in [3.63, 3.8) is 0 Å². The first-order valence-corrected chi connectivity index (χ1v) is 13.5. The van der Waals surface area contributed by atoms with Gasteiger partial charge in [0.25, 0.3) is 10.1 Å². The first-order valence-electron chi connectivity index (χ1n) is 12.0. The van der Waals surface area contributed by atoms with Crippen molar-refractivity contribution in [3.8, 4) is 0 Å². The van der Waals surface area contributed by atoms with Crippen LogP contribution >= 0.6 is 0 Å². The van der Waals surface area contributed by atoms with E-state index in [9.17, 15) is 13.2 Å². The van der Waals surface area contributed by atoms with E-state index in [0.29, 0.717) is 65.9 Å². The quantitative estimate of drug-likeness (QED) is 0.114. The van der Waals surface area contributed by atoms with Crippen LogP contribution < -0.4 is 0 Å². The third-order valence-electron chi connectivity index (χ3n) is 4.46. The Bertz CT molecular complexity index is 727. The van der Waals surface area contributed by atoms with Crippen LogP contribution in [0, 0.1) is 0 Å². The molecule has 0 aliphatic heterocycles. The first-order chi connectivity index (χ1) is 17.1. The zero-order valence-corrected chi connectivity index (χ0v) is 21.5. The van der Waals surface area contributed by atoms with Crippen LogP contribution in [-0.4, -0.2) is 93.7 Å². The molecule has 0 aliphatic carbocycles. The fourth-order valence-electron chi connectivity index (χ4n) is 2.65. The summed E-state index contributed by atoms with van der Waals surface area (Å²) in [6.45, 7) is 6.13. The molecular weight excluding hydrogens is 480 g/mol. The smallest absolute Gasteiger partial charge is 0.305 e. The van der Waals surface area contributed by atoms with Gasteiger partial charge in [-0.2, -0.15) is 8.42 Å². The van der Waals surface area contributed by atoms with E-state index in [4.69, 9.17) is 32.6 Å². The molecule has 1 aromatic carbocycles. The number of unbranched alkanes of at least 4 members (excludes halogenated alkanes) is 2. The second-order valence-corrected chi connectivity index (χ2v) is 8.94. The van der Waals surface area contributed by atoms with Crippen LogP contribution in [0.5, 0.6) is 0 Å². The van der Waals surface area contributed by atoms with E-state index in [1.807, 2.05) is 0 Å². The highest BCUT2D eigenvalue weighted by molar-refractivity contribution is 7.86.